The Bertz CT molecular complexity index is 1480. The number of aromatic nitrogens is 2. The molecule has 0 bridgehead atoms. The first-order valence-electron chi connectivity index (χ1n) is 11.7. The molecule has 6 heteroatoms. The fourth-order valence-corrected chi connectivity index (χ4v) is 4.27. The summed E-state index contributed by atoms with van der Waals surface area (Å²) in [5.74, 6) is 2.31. The molecular weight excluding hydrogens is 516 g/mol. The van der Waals surface area contributed by atoms with Gasteiger partial charge in [-0.3, -0.25) is 4.57 Å². The average molecular weight is 541 g/mol. The maximum Gasteiger partial charge on any atom is 0.330 e. The number of aromatic amines is 1. The lowest BCUT2D eigenvalue weighted by Gasteiger charge is -2.14. The first-order valence-corrected chi connectivity index (χ1v) is 12.8. The number of ether oxygens (including phenoxy) is 2. The Morgan fingerprint density at radius 1 is 0.806 bits per heavy atom. The fraction of sp³-hybridized carbons (Fsp3) is 0.100. The number of hydrogen-bond acceptors (Lipinski definition) is 3. The van der Waals surface area contributed by atoms with Crippen molar-refractivity contribution in [2.24, 2.45) is 0 Å². The lowest BCUT2D eigenvalue weighted by Crippen LogP contribution is -2.15. The summed E-state index contributed by atoms with van der Waals surface area (Å²) in [4.78, 5) is 15.7. The number of nitrogens with one attached hydrogen (secondary N) is 1. The van der Waals surface area contributed by atoms with Crippen molar-refractivity contribution in [1.82, 2.24) is 9.55 Å². The molecule has 0 spiro atoms. The number of nitrogens with zero attached hydrogens (tertiary/aromatic N) is 1. The molecule has 180 valence electrons. The van der Waals surface area contributed by atoms with E-state index in [1.165, 1.54) is 5.56 Å². The SMILES string of the molecule is O=c1[nH]cc(-c2ccc(OCCBr)c(Cc3ccccc3)c2)n1-c1ccc(Oc2ccccc2)cc1. The van der Waals surface area contributed by atoms with E-state index in [1.807, 2.05) is 84.9 Å². The van der Waals surface area contributed by atoms with Crippen LogP contribution in [0.5, 0.6) is 17.2 Å². The Kier molecular flexibility index (Phi) is 7.33. The van der Waals surface area contributed by atoms with Gasteiger partial charge in [0.05, 0.1) is 18.0 Å². The average Bonchev–Trinajstić information content (AvgIpc) is 3.31. The number of imidazole rings is 1. The Hall–Kier alpha value is -4.03. The highest BCUT2D eigenvalue weighted by molar-refractivity contribution is 9.09. The molecule has 0 unspecified atom stereocenters. The van der Waals surface area contributed by atoms with Crippen LogP contribution in [-0.2, 0) is 6.42 Å². The topological polar surface area (TPSA) is 56.2 Å². The van der Waals surface area contributed by atoms with E-state index in [2.05, 4.69) is 39.1 Å². The van der Waals surface area contributed by atoms with E-state index in [1.54, 1.807) is 10.8 Å². The van der Waals surface area contributed by atoms with Gasteiger partial charge in [0.2, 0.25) is 0 Å². The molecule has 5 aromatic rings. The maximum atomic E-state index is 12.8. The molecule has 0 amide bonds. The summed E-state index contributed by atoms with van der Waals surface area (Å²) in [6.07, 6.45) is 2.48. The molecule has 1 N–H and O–H groups in total. The van der Waals surface area contributed by atoms with Crippen LogP contribution in [0, 0.1) is 0 Å². The molecule has 1 heterocycles. The van der Waals surface area contributed by atoms with Crippen molar-refractivity contribution < 1.29 is 9.47 Å². The van der Waals surface area contributed by atoms with Gasteiger partial charge in [0.15, 0.2) is 0 Å². The third kappa shape index (κ3) is 5.44. The van der Waals surface area contributed by atoms with E-state index in [0.717, 1.165) is 45.8 Å². The maximum absolute atomic E-state index is 12.8. The van der Waals surface area contributed by atoms with E-state index in [4.69, 9.17) is 9.47 Å². The van der Waals surface area contributed by atoms with Crippen molar-refractivity contribution in [1.29, 1.82) is 0 Å². The zero-order valence-corrected chi connectivity index (χ0v) is 21.1. The second kappa shape index (κ2) is 11.1. The molecule has 5 rings (SSSR count). The summed E-state index contributed by atoms with van der Waals surface area (Å²) in [6.45, 7) is 0.577. The molecule has 0 fully saturated rings. The van der Waals surface area contributed by atoms with Gasteiger partial charge in [-0.2, -0.15) is 0 Å². The van der Waals surface area contributed by atoms with Gasteiger partial charge in [0.25, 0.3) is 0 Å². The molecule has 0 aliphatic rings. The Balaban J connectivity index is 1.47. The highest BCUT2D eigenvalue weighted by Gasteiger charge is 2.14. The van der Waals surface area contributed by atoms with Gasteiger partial charge < -0.3 is 14.5 Å². The first kappa shape index (κ1) is 23.7. The van der Waals surface area contributed by atoms with Gasteiger partial charge in [0, 0.05) is 23.5 Å². The molecule has 0 aliphatic heterocycles. The van der Waals surface area contributed by atoms with Crippen molar-refractivity contribution in [2.45, 2.75) is 6.42 Å². The van der Waals surface area contributed by atoms with Crippen molar-refractivity contribution in [3.8, 4) is 34.2 Å². The smallest absolute Gasteiger partial charge is 0.330 e. The molecule has 0 saturated carbocycles. The summed E-state index contributed by atoms with van der Waals surface area (Å²) >= 11 is 3.43. The summed E-state index contributed by atoms with van der Waals surface area (Å²) in [5.41, 5.74) is 4.50. The quantitative estimate of drug-likeness (QED) is 0.205. The molecule has 36 heavy (non-hydrogen) atoms. The van der Waals surface area contributed by atoms with Crippen LogP contribution in [0.15, 0.2) is 114 Å². The summed E-state index contributed by atoms with van der Waals surface area (Å²) < 4.78 is 13.6. The Labute approximate surface area is 218 Å². The second-order valence-corrected chi connectivity index (χ2v) is 9.04. The van der Waals surface area contributed by atoms with Crippen molar-refractivity contribution in [3.05, 3.63) is 131 Å². The molecule has 1 aromatic heterocycles. The number of alkyl halides is 1. The molecule has 0 saturated heterocycles. The summed E-state index contributed by atoms with van der Waals surface area (Å²) in [6, 6.07) is 33.5. The van der Waals surface area contributed by atoms with Crippen molar-refractivity contribution >= 4 is 15.9 Å². The van der Waals surface area contributed by atoms with Gasteiger partial charge in [-0.05, 0) is 65.7 Å². The van der Waals surface area contributed by atoms with Crippen LogP contribution in [0.3, 0.4) is 0 Å². The minimum atomic E-state index is -0.203. The van der Waals surface area contributed by atoms with E-state index < -0.39 is 0 Å². The second-order valence-electron chi connectivity index (χ2n) is 8.25. The van der Waals surface area contributed by atoms with Crippen LogP contribution < -0.4 is 15.2 Å². The van der Waals surface area contributed by atoms with E-state index in [-0.39, 0.29) is 5.69 Å². The fourth-order valence-electron chi connectivity index (χ4n) is 4.11. The van der Waals surface area contributed by atoms with Crippen LogP contribution in [0.1, 0.15) is 11.1 Å². The van der Waals surface area contributed by atoms with Crippen molar-refractivity contribution in [2.75, 3.05) is 11.9 Å². The first-order chi connectivity index (χ1) is 17.7. The number of hydrogen-bond donors (Lipinski definition) is 1. The monoisotopic (exact) mass is 540 g/mol. The van der Waals surface area contributed by atoms with Crippen LogP contribution in [0.4, 0.5) is 0 Å². The number of benzene rings is 4. The normalized spacial score (nSPS) is 10.8. The highest BCUT2D eigenvalue weighted by Crippen LogP contribution is 2.30. The van der Waals surface area contributed by atoms with Crippen LogP contribution in [-0.4, -0.2) is 21.5 Å². The number of halogens is 1. The lowest BCUT2D eigenvalue weighted by atomic mass is 10.0. The molecule has 0 atom stereocenters. The standard InChI is InChI=1S/C30H25BrN2O3/c31-17-18-35-29-16-11-23(20-24(29)19-22-7-3-1-4-8-22)28-21-32-30(34)33(28)25-12-14-27(15-13-25)36-26-9-5-2-6-10-26/h1-16,20-21H,17-19H2,(H,32,34). The third-order valence-corrected chi connectivity index (χ3v) is 6.10. The van der Waals surface area contributed by atoms with Gasteiger partial charge in [-0.25, -0.2) is 4.79 Å². The summed E-state index contributed by atoms with van der Waals surface area (Å²) in [7, 11) is 0. The van der Waals surface area contributed by atoms with Gasteiger partial charge >= 0.3 is 5.69 Å². The molecule has 0 radical (unpaired) electrons. The van der Waals surface area contributed by atoms with E-state index in [9.17, 15) is 4.79 Å². The highest BCUT2D eigenvalue weighted by atomic mass is 79.9. The van der Waals surface area contributed by atoms with Crippen molar-refractivity contribution in [3.63, 3.8) is 0 Å². The van der Waals surface area contributed by atoms with E-state index >= 15 is 0 Å². The molecule has 0 aliphatic carbocycles. The van der Waals surface area contributed by atoms with Crippen LogP contribution in [0.25, 0.3) is 16.9 Å². The minimum absolute atomic E-state index is 0.203. The zero-order valence-electron chi connectivity index (χ0n) is 19.6. The predicted octanol–water partition coefficient (Wildman–Crippen LogP) is 6.99. The number of para-hydroxylation sites is 1. The van der Waals surface area contributed by atoms with Gasteiger partial charge in [0.1, 0.15) is 17.2 Å². The molecule has 4 aromatic carbocycles. The van der Waals surface area contributed by atoms with Crippen LogP contribution >= 0.6 is 15.9 Å². The largest absolute Gasteiger partial charge is 0.492 e. The lowest BCUT2D eigenvalue weighted by molar-refractivity contribution is 0.342. The van der Waals surface area contributed by atoms with E-state index in [0.29, 0.717) is 12.4 Å². The Morgan fingerprint density at radius 2 is 1.50 bits per heavy atom. The van der Waals surface area contributed by atoms with Gasteiger partial charge in [-0.1, -0.05) is 64.5 Å². The minimum Gasteiger partial charge on any atom is -0.492 e. The molecular formula is C30H25BrN2O3. The number of rotatable bonds is 9. The third-order valence-electron chi connectivity index (χ3n) is 5.78. The Morgan fingerprint density at radius 3 is 2.22 bits per heavy atom. The van der Waals surface area contributed by atoms with Crippen LogP contribution in [0.2, 0.25) is 0 Å². The zero-order chi connectivity index (χ0) is 24.7. The number of H-pyrrole nitrogens is 1. The molecule has 5 nitrogen and oxygen atoms in total. The summed E-state index contributed by atoms with van der Waals surface area (Å²) in [5, 5.41) is 0.751. The predicted molar refractivity (Wildman–Crippen MR) is 147 cm³/mol. The van der Waals surface area contributed by atoms with Gasteiger partial charge in [-0.15, -0.1) is 0 Å².